The summed E-state index contributed by atoms with van der Waals surface area (Å²) in [5.41, 5.74) is 6.11. The van der Waals surface area contributed by atoms with E-state index >= 15 is 0 Å². The molecule has 1 amide bonds. The number of carbonyl (C=O) groups excluding carboxylic acids is 2. The Labute approximate surface area is 205 Å². The third kappa shape index (κ3) is 5.87. The Bertz CT molecular complexity index is 1050. The summed E-state index contributed by atoms with van der Waals surface area (Å²) in [6.45, 7) is -0.533. The molecule has 2 saturated heterocycles. The quantitative estimate of drug-likeness (QED) is 0.238. The molecular weight excluding hydrogens is 480 g/mol. The lowest BCUT2D eigenvalue weighted by Gasteiger charge is -2.39. The van der Waals surface area contributed by atoms with E-state index in [9.17, 15) is 30.0 Å². The standard InChI is InChI=1S/C22H28N4O10/c23-19(31)20-24-10-26(25-20)15-6-5-13(35-15)9-33-21(32)12-3-1-11(2-4-12)8-34-22-18(30)17(29)16(28)14(7-27)36-22/h1-4,10,13-18,22,27-30H,5-9H2,(H2,23,31). The number of rotatable bonds is 9. The molecule has 0 saturated carbocycles. The Balaban J connectivity index is 1.23. The molecule has 0 bridgehead atoms. The lowest BCUT2D eigenvalue weighted by molar-refractivity contribution is -0.304. The molecule has 3 heterocycles. The highest BCUT2D eigenvalue weighted by Gasteiger charge is 2.44. The first-order valence-corrected chi connectivity index (χ1v) is 11.3. The molecule has 196 valence electrons. The molecule has 6 N–H and O–H groups in total. The minimum atomic E-state index is -1.53. The van der Waals surface area contributed by atoms with Crippen molar-refractivity contribution in [1.82, 2.24) is 14.8 Å². The fourth-order valence-corrected chi connectivity index (χ4v) is 3.90. The molecule has 1 aromatic heterocycles. The fourth-order valence-electron chi connectivity index (χ4n) is 3.90. The van der Waals surface area contributed by atoms with Gasteiger partial charge in [0.25, 0.3) is 5.91 Å². The topological polar surface area (TPSA) is 209 Å². The van der Waals surface area contributed by atoms with E-state index in [2.05, 4.69) is 10.1 Å². The van der Waals surface area contributed by atoms with E-state index in [0.717, 1.165) is 0 Å². The van der Waals surface area contributed by atoms with Gasteiger partial charge >= 0.3 is 5.97 Å². The van der Waals surface area contributed by atoms with Crippen LogP contribution in [0.3, 0.4) is 0 Å². The Hall–Kier alpha value is -2.98. The normalized spacial score (nSPS) is 30.3. The smallest absolute Gasteiger partial charge is 0.338 e. The summed E-state index contributed by atoms with van der Waals surface area (Å²) in [6.07, 6.45) is -4.98. The number of nitrogens with zero attached hydrogens (tertiary/aromatic N) is 3. The van der Waals surface area contributed by atoms with Crippen molar-refractivity contribution in [3.05, 3.63) is 47.5 Å². The van der Waals surface area contributed by atoms with Crippen molar-refractivity contribution >= 4 is 11.9 Å². The third-order valence-corrected chi connectivity index (χ3v) is 5.96. The molecule has 36 heavy (non-hydrogen) atoms. The second-order valence-electron chi connectivity index (χ2n) is 8.51. The van der Waals surface area contributed by atoms with E-state index in [0.29, 0.717) is 24.0 Å². The molecule has 0 aliphatic carbocycles. The van der Waals surface area contributed by atoms with E-state index in [4.69, 9.17) is 24.7 Å². The van der Waals surface area contributed by atoms with E-state index in [1.54, 1.807) is 24.3 Å². The molecule has 2 aliphatic heterocycles. The zero-order valence-corrected chi connectivity index (χ0v) is 19.1. The highest BCUT2D eigenvalue weighted by molar-refractivity contribution is 5.89. The average molecular weight is 508 g/mol. The van der Waals surface area contributed by atoms with Crippen LogP contribution in [0.25, 0.3) is 0 Å². The highest BCUT2D eigenvalue weighted by atomic mass is 16.7. The van der Waals surface area contributed by atoms with Gasteiger partial charge in [0.05, 0.1) is 24.9 Å². The van der Waals surface area contributed by atoms with Crippen LogP contribution >= 0.6 is 0 Å². The summed E-state index contributed by atoms with van der Waals surface area (Å²) < 4.78 is 23.3. The van der Waals surface area contributed by atoms with Gasteiger partial charge in [0, 0.05) is 0 Å². The second-order valence-corrected chi connectivity index (χ2v) is 8.51. The largest absolute Gasteiger partial charge is 0.459 e. The molecule has 4 rings (SSSR count). The number of primary amides is 1. The van der Waals surface area contributed by atoms with Crippen molar-refractivity contribution in [3.63, 3.8) is 0 Å². The van der Waals surface area contributed by atoms with E-state index < -0.39 is 55.4 Å². The van der Waals surface area contributed by atoms with Gasteiger partial charge in [-0.2, -0.15) is 0 Å². The van der Waals surface area contributed by atoms with Gasteiger partial charge in [-0.25, -0.2) is 14.5 Å². The molecule has 1 aromatic carbocycles. The Morgan fingerprint density at radius 3 is 2.50 bits per heavy atom. The van der Waals surface area contributed by atoms with E-state index in [-0.39, 0.29) is 25.1 Å². The van der Waals surface area contributed by atoms with Crippen LogP contribution in [0.2, 0.25) is 0 Å². The van der Waals surface area contributed by atoms with Crippen molar-refractivity contribution in [3.8, 4) is 0 Å². The Morgan fingerprint density at radius 1 is 1.08 bits per heavy atom. The Morgan fingerprint density at radius 2 is 1.83 bits per heavy atom. The zero-order valence-electron chi connectivity index (χ0n) is 19.1. The van der Waals surface area contributed by atoms with Crippen LogP contribution < -0.4 is 5.73 Å². The molecule has 14 nitrogen and oxygen atoms in total. The van der Waals surface area contributed by atoms with Gasteiger partial charge in [-0.3, -0.25) is 4.79 Å². The monoisotopic (exact) mass is 508 g/mol. The van der Waals surface area contributed by atoms with Gasteiger partial charge in [0.2, 0.25) is 5.82 Å². The molecule has 7 unspecified atom stereocenters. The van der Waals surface area contributed by atoms with Crippen LogP contribution in [0.5, 0.6) is 0 Å². The first-order chi connectivity index (χ1) is 17.3. The first-order valence-electron chi connectivity index (χ1n) is 11.3. The molecule has 14 heteroatoms. The van der Waals surface area contributed by atoms with Crippen LogP contribution in [0.15, 0.2) is 30.6 Å². The summed E-state index contributed by atoms with van der Waals surface area (Å²) in [5, 5.41) is 42.9. The predicted molar refractivity (Wildman–Crippen MR) is 117 cm³/mol. The number of benzene rings is 1. The van der Waals surface area contributed by atoms with Crippen molar-refractivity contribution in [2.24, 2.45) is 5.73 Å². The molecule has 2 fully saturated rings. The number of hydrogen-bond acceptors (Lipinski definition) is 12. The van der Waals surface area contributed by atoms with Crippen molar-refractivity contribution in [1.29, 1.82) is 0 Å². The molecular formula is C22H28N4O10. The van der Waals surface area contributed by atoms with E-state index in [1.807, 2.05) is 0 Å². The number of hydrogen-bond donors (Lipinski definition) is 5. The summed E-state index contributed by atoms with van der Waals surface area (Å²) in [4.78, 5) is 27.4. The maximum Gasteiger partial charge on any atom is 0.338 e. The van der Waals surface area contributed by atoms with Gasteiger partial charge in [-0.15, -0.1) is 5.10 Å². The van der Waals surface area contributed by atoms with Crippen molar-refractivity contribution < 1.29 is 49.0 Å². The molecule has 0 radical (unpaired) electrons. The molecule has 7 atom stereocenters. The number of carbonyl (C=O) groups is 2. The van der Waals surface area contributed by atoms with Crippen LogP contribution in [-0.4, -0.2) is 97.1 Å². The number of nitrogens with two attached hydrogens (primary N) is 1. The summed E-state index contributed by atoms with van der Waals surface area (Å²) >= 11 is 0. The summed E-state index contributed by atoms with van der Waals surface area (Å²) in [7, 11) is 0. The van der Waals surface area contributed by atoms with Gasteiger partial charge in [-0.05, 0) is 30.5 Å². The fraction of sp³-hybridized carbons (Fsp3) is 0.545. The second kappa shape index (κ2) is 11.4. The number of ether oxygens (including phenoxy) is 4. The lowest BCUT2D eigenvalue weighted by Crippen LogP contribution is -2.59. The maximum atomic E-state index is 12.4. The van der Waals surface area contributed by atoms with Gasteiger partial charge in [0.15, 0.2) is 12.5 Å². The van der Waals surface area contributed by atoms with Crippen LogP contribution in [0.1, 0.15) is 45.6 Å². The van der Waals surface area contributed by atoms with Crippen LogP contribution in [0, 0.1) is 0 Å². The highest BCUT2D eigenvalue weighted by Crippen LogP contribution is 2.28. The number of aliphatic hydroxyl groups is 4. The minimum Gasteiger partial charge on any atom is -0.459 e. The Kier molecular flexibility index (Phi) is 8.25. The first kappa shape index (κ1) is 26.1. The number of esters is 1. The van der Waals surface area contributed by atoms with E-state index in [1.165, 1.54) is 11.0 Å². The van der Waals surface area contributed by atoms with Gasteiger partial charge < -0.3 is 45.1 Å². The molecule has 0 spiro atoms. The molecule has 2 aromatic rings. The SMILES string of the molecule is NC(=O)c1ncn(C2CCC(COC(=O)c3ccc(COC4OC(CO)C(O)C(O)C4O)cc3)O2)n1. The van der Waals surface area contributed by atoms with Gasteiger partial charge in [0.1, 0.15) is 37.4 Å². The minimum absolute atomic E-state index is 0.0188. The summed E-state index contributed by atoms with van der Waals surface area (Å²) in [6, 6.07) is 6.36. The third-order valence-electron chi connectivity index (χ3n) is 5.96. The maximum absolute atomic E-state index is 12.4. The number of amides is 1. The summed E-state index contributed by atoms with van der Waals surface area (Å²) in [5.74, 6) is -1.38. The van der Waals surface area contributed by atoms with Crippen LogP contribution in [0.4, 0.5) is 0 Å². The number of aromatic nitrogens is 3. The van der Waals surface area contributed by atoms with Crippen molar-refractivity contribution in [2.75, 3.05) is 13.2 Å². The lowest BCUT2D eigenvalue weighted by atomic mass is 9.99. The van der Waals surface area contributed by atoms with Gasteiger partial charge in [-0.1, -0.05) is 12.1 Å². The predicted octanol–water partition coefficient (Wildman–Crippen LogP) is -1.77. The van der Waals surface area contributed by atoms with Crippen molar-refractivity contribution in [2.45, 2.75) is 62.5 Å². The number of aliphatic hydroxyl groups excluding tert-OH is 4. The molecule has 2 aliphatic rings. The average Bonchev–Trinajstić information content (AvgIpc) is 3.56. The zero-order chi connectivity index (χ0) is 25.8. The van der Waals surface area contributed by atoms with Crippen LogP contribution in [-0.2, 0) is 25.6 Å².